The van der Waals surface area contributed by atoms with Crippen LogP contribution in [0.15, 0.2) is 72.5 Å². The number of thiazole rings is 1. The number of aromatic nitrogens is 3. The fourth-order valence-electron chi connectivity index (χ4n) is 11.5. The largest absolute Gasteiger partial charge is 0.389 e. The van der Waals surface area contributed by atoms with Gasteiger partial charge in [-0.1, -0.05) is 18.2 Å². The molecule has 2 atom stereocenters. The number of nitrogens with one attached hydrogen (secondary N) is 3. The van der Waals surface area contributed by atoms with Crippen LogP contribution in [0.25, 0.3) is 11.1 Å². The molecule has 5 aliphatic heterocycles. The van der Waals surface area contributed by atoms with E-state index in [2.05, 4.69) is 30.8 Å². The first-order valence-corrected chi connectivity index (χ1v) is 24.8. The third-order valence-corrected chi connectivity index (χ3v) is 16.2. The van der Waals surface area contributed by atoms with E-state index >= 15 is 8.78 Å². The normalized spacial score (nSPS) is 23.3. The van der Waals surface area contributed by atoms with Crippen LogP contribution in [0.1, 0.15) is 109 Å². The summed E-state index contributed by atoms with van der Waals surface area (Å²) in [7, 11) is 0. The maximum Gasteiger partial charge on any atom is 0.255 e. The summed E-state index contributed by atoms with van der Waals surface area (Å²) in [5, 5.41) is 21.8. The molecule has 6 aliphatic rings. The Morgan fingerprint density at radius 2 is 1.68 bits per heavy atom. The van der Waals surface area contributed by atoms with Crippen molar-refractivity contribution < 1.29 is 37.9 Å². The molecule has 1 spiro atoms. The second kappa shape index (κ2) is 17.8. The van der Waals surface area contributed by atoms with Crippen LogP contribution in [0.2, 0.25) is 0 Å². The highest BCUT2D eigenvalue weighted by Crippen LogP contribution is 2.45. The van der Waals surface area contributed by atoms with Crippen LogP contribution in [0, 0.1) is 17.0 Å². The lowest BCUT2D eigenvalue weighted by Crippen LogP contribution is -2.62. The monoisotopic (exact) mass is 957 g/mol. The number of amides is 5. The Morgan fingerprint density at radius 3 is 2.41 bits per heavy atom. The number of aliphatic hydroxyl groups is 1. The molecule has 15 nitrogen and oxygen atoms in total. The number of halogens is 2. The topological polar surface area (TPSA) is 182 Å². The molecule has 5 aromatic rings. The first kappa shape index (κ1) is 44.9. The standard InChI is InChI=1S/C51H53F2N9O6S/c52-38-23-32(22-36-37(38)26-62(48(36)67)45(47(66)58-49-54-17-21-69-49)44-41-2-1-18-60(41)29-55-44)30-3-6-34(7-4-30)59-19-15-50(16-20-59)27-61(28-50)43(64)25-51(68)13-11-31(12-14-51)35-8-5-33(24-39(35)53)56-40-9-10-42(63)57-46(40)65/h3-8,17,21-24,29,31,40,45,56,68H,1-2,9-16,18-20,25-28H2,(H,54,58,66)(H,57,63,65). The summed E-state index contributed by atoms with van der Waals surface area (Å²) in [5.74, 6) is -2.65. The van der Waals surface area contributed by atoms with E-state index in [1.807, 2.05) is 33.7 Å². The number of carbonyl (C=O) groups excluding carboxylic acids is 5. The van der Waals surface area contributed by atoms with Crippen LogP contribution in [-0.4, -0.2) is 96.8 Å². The number of anilines is 3. The Bertz CT molecular complexity index is 2850. The lowest BCUT2D eigenvalue weighted by molar-refractivity contribution is -0.151. The van der Waals surface area contributed by atoms with E-state index in [4.69, 9.17) is 0 Å². The zero-order chi connectivity index (χ0) is 47.6. The summed E-state index contributed by atoms with van der Waals surface area (Å²) in [6.07, 6.45) is 9.27. The summed E-state index contributed by atoms with van der Waals surface area (Å²) < 4.78 is 33.3. The number of aryl methyl sites for hydroxylation is 1. The minimum Gasteiger partial charge on any atom is -0.389 e. The van der Waals surface area contributed by atoms with Gasteiger partial charge in [0.15, 0.2) is 11.2 Å². The van der Waals surface area contributed by atoms with Gasteiger partial charge in [0.2, 0.25) is 17.7 Å². The van der Waals surface area contributed by atoms with Gasteiger partial charge in [0.05, 0.1) is 30.6 Å². The van der Waals surface area contributed by atoms with Crippen LogP contribution in [-0.2, 0) is 38.7 Å². The molecule has 1 aliphatic carbocycles. The second-order valence-electron chi connectivity index (χ2n) is 19.9. The highest BCUT2D eigenvalue weighted by atomic mass is 32.1. The van der Waals surface area contributed by atoms with Crippen molar-refractivity contribution >= 4 is 57.4 Å². The molecule has 2 aromatic heterocycles. The van der Waals surface area contributed by atoms with Crippen LogP contribution < -0.4 is 20.9 Å². The van der Waals surface area contributed by atoms with Crippen molar-refractivity contribution in [1.29, 1.82) is 0 Å². The predicted molar refractivity (Wildman–Crippen MR) is 253 cm³/mol. The first-order valence-electron chi connectivity index (χ1n) is 23.9. The van der Waals surface area contributed by atoms with Crippen molar-refractivity contribution in [2.45, 2.75) is 107 Å². The number of hydrogen-bond donors (Lipinski definition) is 4. The quantitative estimate of drug-likeness (QED) is 0.104. The zero-order valence-corrected chi connectivity index (χ0v) is 38.8. The number of imide groups is 1. The fourth-order valence-corrected chi connectivity index (χ4v) is 12.1. The molecule has 358 valence electrons. The molecule has 3 aromatic carbocycles. The van der Waals surface area contributed by atoms with E-state index in [0.717, 1.165) is 62.3 Å². The van der Waals surface area contributed by atoms with Crippen molar-refractivity contribution in [2.24, 2.45) is 5.41 Å². The van der Waals surface area contributed by atoms with Gasteiger partial charge in [-0.2, -0.15) is 0 Å². The Balaban J connectivity index is 0.670. The van der Waals surface area contributed by atoms with Crippen LogP contribution in [0.4, 0.5) is 25.3 Å². The molecule has 69 heavy (non-hydrogen) atoms. The molecule has 7 heterocycles. The second-order valence-corrected chi connectivity index (χ2v) is 20.8. The molecule has 3 saturated heterocycles. The van der Waals surface area contributed by atoms with E-state index in [0.29, 0.717) is 72.8 Å². The molecule has 18 heteroatoms. The Kier molecular flexibility index (Phi) is 11.6. The van der Waals surface area contributed by atoms with Gasteiger partial charge in [-0.05, 0) is 117 Å². The van der Waals surface area contributed by atoms with Gasteiger partial charge < -0.3 is 29.7 Å². The number of benzene rings is 3. The number of fused-ring (bicyclic) bond motifs is 2. The van der Waals surface area contributed by atoms with Gasteiger partial charge in [0.25, 0.3) is 11.8 Å². The average Bonchev–Trinajstić information content (AvgIpc) is 4.15. The molecular weight excluding hydrogens is 905 g/mol. The van der Waals surface area contributed by atoms with Gasteiger partial charge in [-0.3, -0.25) is 34.6 Å². The van der Waals surface area contributed by atoms with E-state index in [1.165, 1.54) is 28.4 Å². The zero-order valence-electron chi connectivity index (χ0n) is 38.0. The molecule has 1 saturated carbocycles. The summed E-state index contributed by atoms with van der Waals surface area (Å²) in [6, 6.07) is 14.3. The van der Waals surface area contributed by atoms with Crippen molar-refractivity contribution in [3.05, 3.63) is 112 Å². The number of imidazole rings is 1. The van der Waals surface area contributed by atoms with E-state index in [-0.39, 0.29) is 59.5 Å². The Labute approximate surface area is 401 Å². The number of nitrogens with zero attached hydrogens (tertiary/aromatic N) is 6. The van der Waals surface area contributed by atoms with Crippen molar-refractivity contribution in [1.82, 2.24) is 29.7 Å². The van der Waals surface area contributed by atoms with Crippen LogP contribution in [0.3, 0.4) is 0 Å². The molecule has 11 rings (SSSR count). The number of hydrogen-bond acceptors (Lipinski definition) is 11. The maximum atomic E-state index is 16.0. The summed E-state index contributed by atoms with van der Waals surface area (Å²) in [5.41, 5.74) is 4.16. The molecular formula is C51H53F2N9O6S. The number of likely N-dealkylation sites (tertiary alicyclic amines) is 1. The third kappa shape index (κ3) is 8.66. The molecule has 0 bridgehead atoms. The lowest BCUT2D eigenvalue weighted by Gasteiger charge is -2.54. The van der Waals surface area contributed by atoms with Crippen LogP contribution in [0.5, 0.6) is 0 Å². The summed E-state index contributed by atoms with van der Waals surface area (Å²) in [4.78, 5) is 79.6. The first-order chi connectivity index (χ1) is 33.3. The molecule has 2 unspecified atom stereocenters. The number of piperidine rings is 2. The van der Waals surface area contributed by atoms with Gasteiger partial charge >= 0.3 is 0 Å². The van der Waals surface area contributed by atoms with Gasteiger partial charge in [-0.25, -0.2) is 18.7 Å². The highest BCUT2D eigenvalue weighted by molar-refractivity contribution is 7.13. The summed E-state index contributed by atoms with van der Waals surface area (Å²) in [6.45, 7) is 3.66. The van der Waals surface area contributed by atoms with Gasteiger partial charge in [0, 0.05) is 84.3 Å². The van der Waals surface area contributed by atoms with Gasteiger partial charge in [-0.15, -0.1) is 11.3 Å². The molecule has 5 amide bonds. The number of rotatable bonds is 11. The van der Waals surface area contributed by atoms with E-state index in [1.54, 1.807) is 36.1 Å². The SMILES string of the molecule is O=C1CCC(Nc2ccc(C3CCC(O)(CC(=O)N4CC5(CCN(c6ccc(-c7cc(F)c8c(c7)C(=O)N(C(C(=O)Nc7nccs7)c7ncn9c7CCC9)C8)cc6)CC5)C4)CC3)c(F)c2)C(=O)N1. The summed E-state index contributed by atoms with van der Waals surface area (Å²) >= 11 is 1.27. The van der Waals surface area contributed by atoms with Gasteiger partial charge in [0.1, 0.15) is 17.7 Å². The Morgan fingerprint density at radius 1 is 0.899 bits per heavy atom. The predicted octanol–water partition coefficient (Wildman–Crippen LogP) is 6.69. The highest BCUT2D eigenvalue weighted by Gasteiger charge is 2.48. The number of carbonyl (C=O) groups is 5. The maximum absolute atomic E-state index is 16.0. The van der Waals surface area contributed by atoms with Crippen LogP contribution >= 0.6 is 11.3 Å². The average molecular weight is 958 g/mol. The van der Waals surface area contributed by atoms with Crippen molar-refractivity contribution in [3.63, 3.8) is 0 Å². The smallest absolute Gasteiger partial charge is 0.255 e. The third-order valence-electron chi connectivity index (χ3n) is 15.5. The van der Waals surface area contributed by atoms with Crippen molar-refractivity contribution in [3.8, 4) is 11.1 Å². The molecule has 0 radical (unpaired) electrons. The Hall–Kier alpha value is -6.53. The molecule has 4 fully saturated rings. The fraction of sp³-hybridized carbons (Fsp3) is 0.431. The van der Waals surface area contributed by atoms with Crippen molar-refractivity contribution in [2.75, 3.05) is 41.7 Å². The van der Waals surface area contributed by atoms with E-state index in [9.17, 15) is 29.1 Å². The lowest BCUT2D eigenvalue weighted by atomic mass is 9.70. The minimum absolute atomic E-state index is 0.0316. The van der Waals surface area contributed by atoms with E-state index < -0.39 is 41.2 Å². The minimum atomic E-state index is -1.14. The molecule has 4 N–H and O–H groups in total.